The number of hydrogen-bond acceptors (Lipinski definition) is 2. The summed E-state index contributed by atoms with van der Waals surface area (Å²) in [4.78, 5) is 27.8. The number of halogens is 1. The van der Waals surface area contributed by atoms with E-state index >= 15 is 0 Å². The Bertz CT molecular complexity index is 841. The summed E-state index contributed by atoms with van der Waals surface area (Å²) >= 11 is 0. The van der Waals surface area contributed by atoms with Crippen molar-refractivity contribution in [1.29, 1.82) is 0 Å². The molecule has 0 aliphatic heterocycles. The lowest BCUT2D eigenvalue weighted by molar-refractivity contribution is -0.141. The predicted octanol–water partition coefficient (Wildman–Crippen LogP) is 4.40. The molecular formula is C24H31FN2O2. The van der Waals surface area contributed by atoms with E-state index in [-0.39, 0.29) is 30.6 Å². The Hall–Kier alpha value is -2.69. The fraction of sp³-hybridized carbons (Fsp3) is 0.417. The standard InChI is InChI=1S/C24H31FN2O2/c1-6-21(23(29)26-24(3,4)5)27(16-18-11-13-20(25)14-12-18)22(28)15-19-10-8-7-9-17(19)2/h7-14,21H,6,15-16H2,1-5H3,(H,26,29)/t21-/m0/s1. The minimum Gasteiger partial charge on any atom is -0.350 e. The Kier molecular flexibility index (Phi) is 7.54. The number of aryl methyl sites for hydroxylation is 1. The van der Waals surface area contributed by atoms with Crippen molar-refractivity contribution in [3.8, 4) is 0 Å². The summed E-state index contributed by atoms with van der Waals surface area (Å²) in [5, 5.41) is 2.98. The predicted molar refractivity (Wildman–Crippen MR) is 114 cm³/mol. The lowest BCUT2D eigenvalue weighted by Crippen LogP contribution is -2.53. The maximum absolute atomic E-state index is 13.3. The average Bonchev–Trinajstić information content (AvgIpc) is 2.63. The maximum atomic E-state index is 13.3. The third-order valence-electron chi connectivity index (χ3n) is 4.75. The molecule has 156 valence electrons. The fourth-order valence-electron chi connectivity index (χ4n) is 3.23. The van der Waals surface area contributed by atoms with Gasteiger partial charge in [0, 0.05) is 12.1 Å². The Balaban J connectivity index is 2.32. The Morgan fingerprint density at radius 3 is 2.24 bits per heavy atom. The van der Waals surface area contributed by atoms with E-state index in [9.17, 15) is 14.0 Å². The van der Waals surface area contributed by atoms with E-state index in [1.165, 1.54) is 12.1 Å². The zero-order valence-electron chi connectivity index (χ0n) is 18.0. The van der Waals surface area contributed by atoms with Crippen LogP contribution >= 0.6 is 0 Å². The van der Waals surface area contributed by atoms with Crippen LogP contribution in [0.4, 0.5) is 4.39 Å². The monoisotopic (exact) mass is 398 g/mol. The molecule has 0 unspecified atom stereocenters. The van der Waals surface area contributed by atoms with Gasteiger partial charge in [-0.25, -0.2) is 4.39 Å². The maximum Gasteiger partial charge on any atom is 0.243 e. The van der Waals surface area contributed by atoms with Crippen LogP contribution in [0.3, 0.4) is 0 Å². The summed E-state index contributed by atoms with van der Waals surface area (Å²) in [6.07, 6.45) is 0.704. The number of rotatable bonds is 7. The van der Waals surface area contributed by atoms with Crippen LogP contribution in [0.15, 0.2) is 48.5 Å². The van der Waals surface area contributed by atoms with E-state index in [4.69, 9.17) is 0 Å². The topological polar surface area (TPSA) is 49.4 Å². The minimum absolute atomic E-state index is 0.125. The minimum atomic E-state index is -0.601. The van der Waals surface area contributed by atoms with Crippen molar-refractivity contribution in [2.45, 2.75) is 65.6 Å². The van der Waals surface area contributed by atoms with Gasteiger partial charge in [0.15, 0.2) is 0 Å². The van der Waals surface area contributed by atoms with E-state index in [1.54, 1.807) is 17.0 Å². The summed E-state index contributed by atoms with van der Waals surface area (Å²) in [6, 6.07) is 13.2. The molecule has 0 bridgehead atoms. The molecule has 0 radical (unpaired) electrons. The summed E-state index contributed by atoms with van der Waals surface area (Å²) in [5.41, 5.74) is 2.36. The van der Waals surface area contributed by atoms with Crippen LogP contribution in [-0.4, -0.2) is 28.3 Å². The molecule has 1 N–H and O–H groups in total. The molecule has 2 rings (SSSR count). The van der Waals surface area contributed by atoms with Gasteiger partial charge in [0.2, 0.25) is 11.8 Å². The zero-order chi connectivity index (χ0) is 21.6. The van der Waals surface area contributed by atoms with Gasteiger partial charge in [-0.05, 0) is 62.9 Å². The number of carbonyl (C=O) groups is 2. The summed E-state index contributed by atoms with van der Waals surface area (Å²) in [6.45, 7) is 9.86. The van der Waals surface area contributed by atoms with Gasteiger partial charge in [0.25, 0.3) is 0 Å². The molecule has 29 heavy (non-hydrogen) atoms. The highest BCUT2D eigenvalue weighted by molar-refractivity contribution is 5.89. The van der Waals surface area contributed by atoms with E-state index < -0.39 is 11.6 Å². The molecule has 2 aromatic rings. The molecule has 0 heterocycles. The van der Waals surface area contributed by atoms with Crippen LogP contribution in [0.25, 0.3) is 0 Å². The number of benzene rings is 2. The first-order valence-electron chi connectivity index (χ1n) is 10.0. The molecule has 0 aliphatic rings. The molecular weight excluding hydrogens is 367 g/mol. The highest BCUT2D eigenvalue weighted by Gasteiger charge is 2.30. The Morgan fingerprint density at radius 2 is 1.69 bits per heavy atom. The van der Waals surface area contributed by atoms with Gasteiger partial charge in [0.05, 0.1) is 6.42 Å². The Morgan fingerprint density at radius 1 is 1.07 bits per heavy atom. The van der Waals surface area contributed by atoms with E-state index in [0.717, 1.165) is 16.7 Å². The van der Waals surface area contributed by atoms with Crippen molar-refractivity contribution < 1.29 is 14.0 Å². The van der Waals surface area contributed by atoms with Gasteiger partial charge in [-0.15, -0.1) is 0 Å². The van der Waals surface area contributed by atoms with Crippen LogP contribution in [-0.2, 0) is 22.6 Å². The largest absolute Gasteiger partial charge is 0.350 e. The Labute approximate surface area is 173 Å². The lowest BCUT2D eigenvalue weighted by atomic mass is 10.0. The smallest absolute Gasteiger partial charge is 0.243 e. The molecule has 2 amide bonds. The highest BCUT2D eigenvalue weighted by atomic mass is 19.1. The number of hydrogen-bond donors (Lipinski definition) is 1. The van der Waals surface area contributed by atoms with Crippen molar-refractivity contribution in [2.75, 3.05) is 0 Å². The molecule has 0 fully saturated rings. The summed E-state index contributed by atoms with van der Waals surface area (Å²) in [5.74, 6) is -0.635. The molecule has 1 atom stereocenters. The molecule has 4 nitrogen and oxygen atoms in total. The number of carbonyl (C=O) groups excluding carboxylic acids is 2. The first kappa shape index (κ1) is 22.6. The van der Waals surface area contributed by atoms with Crippen LogP contribution in [0.1, 0.15) is 50.8 Å². The van der Waals surface area contributed by atoms with Crippen LogP contribution in [0, 0.1) is 12.7 Å². The third-order valence-corrected chi connectivity index (χ3v) is 4.75. The van der Waals surface area contributed by atoms with Gasteiger partial charge in [-0.1, -0.05) is 43.3 Å². The van der Waals surface area contributed by atoms with Gasteiger partial charge < -0.3 is 10.2 Å². The zero-order valence-corrected chi connectivity index (χ0v) is 18.0. The van der Waals surface area contributed by atoms with Crippen molar-refractivity contribution in [2.24, 2.45) is 0 Å². The second-order valence-electron chi connectivity index (χ2n) is 8.41. The van der Waals surface area contributed by atoms with E-state index in [1.807, 2.05) is 58.9 Å². The SMILES string of the molecule is CC[C@@H](C(=O)NC(C)(C)C)N(Cc1ccc(F)cc1)C(=O)Cc1ccccc1C. The van der Waals surface area contributed by atoms with Crippen molar-refractivity contribution >= 4 is 11.8 Å². The van der Waals surface area contributed by atoms with Crippen LogP contribution in [0.2, 0.25) is 0 Å². The first-order valence-corrected chi connectivity index (χ1v) is 10.0. The third kappa shape index (κ3) is 6.70. The van der Waals surface area contributed by atoms with Gasteiger partial charge in [-0.2, -0.15) is 0 Å². The molecule has 0 aliphatic carbocycles. The van der Waals surface area contributed by atoms with Gasteiger partial charge in [-0.3, -0.25) is 9.59 Å². The molecule has 2 aromatic carbocycles. The molecule has 0 saturated heterocycles. The molecule has 0 saturated carbocycles. The number of nitrogens with one attached hydrogen (secondary N) is 1. The number of nitrogens with zero attached hydrogens (tertiary/aromatic N) is 1. The quantitative estimate of drug-likeness (QED) is 0.752. The van der Waals surface area contributed by atoms with E-state index in [0.29, 0.717) is 6.42 Å². The average molecular weight is 399 g/mol. The molecule has 5 heteroatoms. The van der Waals surface area contributed by atoms with Gasteiger partial charge >= 0.3 is 0 Å². The second-order valence-corrected chi connectivity index (χ2v) is 8.41. The second kappa shape index (κ2) is 9.68. The molecule has 0 aromatic heterocycles. The summed E-state index contributed by atoms with van der Waals surface area (Å²) in [7, 11) is 0. The number of amides is 2. The first-order chi connectivity index (χ1) is 13.6. The molecule has 0 spiro atoms. The van der Waals surface area contributed by atoms with Crippen molar-refractivity contribution in [3.63, 3.8) is 0 Å². The van der Waals surface area contributed by atoms with Crippen LogP contribution < -0.4 is 5.32 Å². The van der Waals surface area contributed by atoms with Gasteiger partial charge in [0.1, 0.15) is 11.9 Å². The highest BCUT2D eigenvalue weighted by Crippen LogP contribution is 2.17. The van der Waals surface area contributed by atoms with Crippen molar-refractivity contribution in [3.05, 3.63) is 71.0 Å². The fourth-order valence-corrected chi connectivity index (χ4v) is 3.23. The van der Waals surface area contributed by atoms with Crippen LogP contribution in [0.5, 0.6) is 0 Å². The van der Waals surface area contributed by atoms with Crippen molar-refractivity contribution in [1.82, 2.24) is 10.2 Å². The normalized spacial score (nSPS) is 12.3. The summed E-state index contributed by atoms with van der Waals surface area (Å²) < 4.78 is 13.3. The lowest BCUT2D eigenvalue weighted by Gasteiger charge is -2.33. The van der Waals surface area contributed by atoms with E-state index in [2.05, 4.69) is 5.32 Å².